The van der Waals surface area contributed by atoms with E-state index in [0.29, 0.717) is 5.82 Å². The Hall–Kier alpha value is -1.67. The van der Waals surface area contributed by atoms with E-state index in [1.807, 2.05) is 0 Å². The molecule has 112 valence electrons. The monoisotopic (exact) mass is 301 g/mol. The summed E-state index contributed by atoms with van der Waals surface area (Å²) < 4.78 is 32.2. The van der Waals surface area contributed by atoms with E-state index < -0.39 is 16.0 Å². The van der Waals surface area contributed by atoms with Crippen LogP contribution in [0.4, 0.5) is 0 Å². The zero-order chi connectivity index (χ0) is 15.3. The Morgan fingerprint density at radius 2 is 2.25 bits per heavy atom. The van der Waals surface area contributed by atoms with Crippen molar-refractivity contribution >= 4 is 16.0 Å². The maximum Gasteiger partial charge on any atom is 0.321 e. The van der Waals surface area contributed by atoms with E-state index in [9.17, 15) is 13.2 Å². The lowest BCUT2D eigenvalue weighted by molar-refractivity contribution is -0.143. The van der Waals surface area contributed by atoms with Crippen molar-refractivity contribution in [2.45, 2.75) is 18.9 Å². The zero-order valence-corrected chi connectivity index (χ0v) is 12.7. The van der Waals surface area contributed by atoms with Gasteiger partial charge in [0.05, 0.1) is 6.61 Å². The number of carbonyl (C=O) groups is 1. The minimum atomic E-state index is -3.85. The molecule has 0 aliphatic heterocycles. The van der Waals surface area contributed by atoms with Gasteiger partial charge in [-0.2, -0.15) is 4.31 Å². The SMILES string of the molecule is C=CCN(CC(=O)OCC)S(=O)(=O)c1cn(C)c(C)n1. The molecule has 8 heteroatoms. The highest BCUT2D eigenvalue weighted by molar-refractivity contribution is 7.89. The first-order valence-corrected chi connectivity index (χ1v) is 7.53. The molecule has 20 heavy (non-hydrogen) atoms. The zero-order valence-electron chi connectivity index (χ0n) is 11.9. The van der Waals surface area contributed by atoms with E-state index in [0.717, 1.165) is 4.31 Å². The van der Waals surface area contributed by atoms with Gasteiger partial charge in [-0.1, -0.05) is 6.08 Å². The average molecular weight is 301 g/mol. The molecule has 1 aromatic rings. The number of aryl methyl sites for hydroxylation is 2. The first-order valence-electron chi connectivity index (χ1n) is 6.09. The molecule has 7 nitrogen and oxygen atoms in total. The second-order valence-corrected chi connectivity index (χ2v) is 6.01. The molecule has 0 aliphatic rings. The predicted molar refractivity (Wildman–Crippen MR) is 73.5 cm³/mol. The molecular weight excluding hydrogens is 282 g/mol. The van der Waals surface area contributed by atoms with Gasteiger partial charge in [0.2, 0.25) is 0 Å². The van der Waals surface area contributed by atoms with Crippen molar-refractivity contribution in [3.05, 3.63) is 24.7 Å². The second kappa shape index (κ2) is 6.67. The Balaban J connectivity index is 3.05. The van der Waals surface area contributed by atoms with Crippen molar-refractivity contribution in [3.63, 3.8) is 0 Å². The van der Waals surface area contributed by atoms with Gasteiger partial charge in [0.25, 0.3) is 10.0 Å². The van der Waals surface area contributed by atoms with E-state index in [-0.39, 0.29) is 24.7 Å². The van der Waals surface area contributed by atoms with Gasteiger partial charge in [-0.3, -0.25) is 4.79 Å². The molecule has 0 saturated heterocycles. The number of hydrogen-bond acceptors (Lipinski definition) is 5. The smallest absolute Gasteiger partial charge is 0.321 e. The van der Waals surface area contributed by atoms with Crippen molar-refractivity contribution in [2.75, 3.05) is 19.7 Å². The van der Waals surface area contributed by atoms with Crippen LogP contribution in [0.2, 0.25) is 0 Å². The molecule has 0 radical (unpaired) electrons. The number of aromatic nitrogens is 2. The lowest BCUT2D eigenvalue weighted by atomic mass is 10.5. The maximum absolute atomic E-state index is 12.4. The maximum atomic E-state index is 12.4. The summed E-state index contributed by atoms with van der Waals surface area (Å²) in [6.45, 7) is 6.70. The number of sulfonamides is 1. The second-order valence-electron chi connectivity index (χ2n) is 4.13. The molecule has 0 spiro atoms. The van der Waals surface area contributed by atoms with Crippen LogP contribution in [0.15, 0.2) is 23.9 Å². The number of imidazole rings is 1. The van der Waals surface area contributed by atoms with E-state index >= 15 is 0 Å². The van der Waals surface area contributed by atoms with Gasteiger partial charge < -0.3 is 9.30 Å². The standard InChI is InChI=1S/C12H19N3O4S/c1-5-7-15(9-12(16)19-6-2)20(17,18)11-8-14(4)10(3)13-11/h5,8H,1,6-7,9H2,2-4H3. The van der Waals surface area contributed by atoms with Gasteiger partial charge in [-0.25, -0.2) is 13.4 Å². The van der Waals surface area contributed by atoms with Gasteiger partial charge in [0.1, 0.15) is 12.4 Å². The summed E-state index contributed by atoms with van der Waals surface area (Å²) in [5.74, 6) is -0.0381. The van der Waals surface area contributed by atoms with Gasteiger partial charge in [0, 0.05) is 19.8 Å². The van der Waals surface area contributed by atoms with Gasteiger partial charge in [0.15, 0.2) is 5.03 Å². The summed E-state index contributed by atoms with van der Waals surface area (Å²) >= 11 is 0. The Morgan fingerprint density at radius 1 is 1.60 bits per heavy atom. The molecule has 0 amide bonds. The fourth-order valence-corrected chi connectivity index (χ4v) is 2.91. The van der Waals surface area contributed by atoms with E-state index in [1.54, 1.807) is 25.5 Å². The fourth-order valence-electron chi connectivity index (χ4n) is 1.53. The molecule has 0 bridgehead atoms. The summed E-state index contributed by atoms with van der Waals surface area (Å²) in [7, 11) is -2.15. The topological polar surface area (TPSA) is 81.5 Å². The Labute approximate surface area is 118 Å². The molecule has 1 rings (SSSR count). The van der Waals surface area contributed by atoms with Crippen LogP contribution in [0.5, 0.6) is 0 Å². The quantitative estimate of drug-likeness (QED) is 0.540. The summed E-state index contributed by atoms with van der Waals surface area (Å²) in [6, 6.07) is 0. The van der Waals surface area contributed by atoms with E-state index in [4.69, 9.17) is 4.74 Å². The molecule has 0 fully saturated rings. The largest absolute Gasteiger partial charge is 0.465 e. The van der Waals surface area contributed by atoms with Crippen LogP contribution in [0.25, 0.3) is 0 Å². The predicted octanol–water partition coefficient (Wildman–Crippen LogP) is 0.468. The Kier molecular flexibility index (Phi) is 5.46. The molecule has 0 saturated carbocycles. The number of rotatable bonds is 7. The number of ether oxygens (including phenoxy) is 1. The van der Waals surface area contributed by atoms with Gasteiger partial charge >= 0.3 is 5.97 Å². The minimum Gasteiger partial charge on any atom is -0.465 e. The summed E-state index contributed by atoms with van der Waals surface area (Å²) in [5, 5.41) is -0.0938. The van der Waals surface area contributed by atoms with Crippen LogP contribution >= 0.6 is 0 Å². The summed E-state index contributed by atoms with van der Waals surface area (Å²) in [4.78, 5) is 15.5. The average Bonchev–Trinajstić information content (AvgIpc) is 2.70. The van der Waals surface area contributed by atoms with Crippen molar-refractivity contribution in [2.24, 2.45) is 7.05 Å². The molecule has 0 aromatic carbocycles. The number of hydrogen-bond donors (Lipinski definition) is 0. The molecule has 0 unspecified atom stereocenters. The third-order valence-corrected chi connectivity index (χ3v) is 4.32. The molecule has 1 heterocycles. The normalized spacial score (nSPS) is 11.6. The van der Waals surface area contributed by atoms with E-state index in [1.165, 1.54) is 12.3 Å². The highest BCUT2D eigenvalue weighted by atomic mass is 32.2. The number of carbonyl (C=O) groups excluding carboxylic acids is 1. The van der Waals surface area contributed by atoms with Crippen LogP contribution in [-0.2, 0) is 26.6 Å². The lowest BCUT2D eigenvalue weighted by Gasteiger charge is -2.18. The van der Waals surface area contributed by atoms with Crippen molar-refractivity contribution < 1.29 is 17.9 Å². The first kappa shape index (κ1) is 16.4. The highest BCUT2D eigenvalue weighted by Gasteiger charge is 2.28. The third-order valence-electron chi connectivity index (χ3n) is 2.63. The van der Waals surface area contributed by atoms with Gasteiger partial charge in [-0.15, -0.1) is 6.58 Å². The van der Waals surface area contributed by atoms with Gasteiger partial charge in [-0.05, 0) is 13.8 Å². The van der Waals surface area contributed by atoms with Crippen LogP contribution < -0.4 is 0 Å². The number of esters is 1. The third kappa shape index (κ3) is 3.67. The van der Waals surface area contributed by atoms with Crippen LogP contribution in [-0.4, -0.2) is 47.9 Å². The molecule has 0 N–H and O–H groups in total. The molecular formula is C12H19N3O4S. The molecule has 1 aromatic heterocycles. The Bertz CT molecular complexity index is 572. The highest BCUT2D eigenvalue weighted by Crippen LogP contribution is 2.14. The minimum absolute atomic E-state index is 0.0107. The van der Waals surface area contributed by atoms with E-state index in [2.05, 4.69) is 11.6 Å². The fraction of sp³-hybridized carbons (Fsp3) is 0.500. The van der Waals surface area contributed by atoms with Crippen LogP contribution in [0, 0.1) is 6.92 Å². The molecule has 0 aliphatic carbocycles. The van der Waals surface area contributed by atoms with Crippen LogP contribution in [0.1, 0.15) is 12.7 Å². The summed E-state index contributed by atoms with van der Waals surface area (Å²) in [5.41, 5.74) is 0. The van der Waals surface area contributed by atoms with Crippen LogP contribution in [0.3, 0.4) is 0 Å². The van der Waals surface area contributed by atoms with Crippen molar-refractivity contribution in [1.29, 1.82) is 0 Å². The summed E-state index contributed by atoms with van der Waals surface area (Å²) in [6.07, 6.45) is 2.82. The van der Waals surface area contributed by atoms with Crippen molar-refractivity contribution in [3.8, 4) is 0 Å². The number of nitrogens with zero attached hydrogens (tertiary/aromatic N) is 3. The first-order chi connectivity index (χ1) is 9.32. The Morgan fingerprint density at radius 3 is 2.70 bits per heavy atom. The lowest BCUT2D eigenvalue weighted by Crippen LogP contribution is -2.36. The van der Waals surface area contributed by atoms with Crippen molar-refractivity contribution in [1.82, 2.24) is 13.9 Å². The molecule has 0 atom stereocenters.